The topological polar surface area (TPSA) is 38.7 Å². The van der Waals surface area contributed by atoms with E-state index >= 15 is 0 Å². The fourth-order valence-electron chi connectivity index (χ4n) is 7.95. The Hall–Kier alpha value is -0.120. The van der Waals surface area contributed by atoms with Gasteiger partial charge in [0.1, 0.15) is 0 Å². The van der Waals surface area contributed by atoms with E-state index in [1.165, 1.54) is 38.5 Å². The second kappa shape index (κ2) is 5.69. The van der Waals surface area contributed by atoms with Gasteiger partial charge in [-0.15, -0.1) is 0 Å². The van der Waals surface area contributed by atoms with Crippen LogP contribution in [0.2, 0.25) is 0 Å². The summed E-state index contributed by atoms with van der Waals surface area (Å²) in [6, 6.07) is 0. The van der Waals surface area contributed by atoms with Crippen molar-refractivity contribution in [2.75, 3.05) is 14.2 Å². The smallest absolute Gasteiger partial charge is 0.173 e. The van der Waals surface area contributed by atoms with Crippen LogP contribution in [0.1, 0.15) is 71.6 Å². The maximum Gasteiger partial charge on any atom is 0.173 e. The average Bonchev–Trinajstić information content (AvgIpc) is 2.88. The number of fused-ring (bicyclic) bond motifs is 5. The lowest BCUT2D eigenvalue weighted by Crippen LogP contribution is -2.57. The van der Waals surface area contributed by atoms with Crippen LogP contribution in [0.5, 0.6) is 0 Å². The molecule has 0 radical (unpaired) electrons. The van der Waals surface area contributed by atoms with Crippen molar-refractivity contribution in [3.63, 3.8) is 0 Å². The number of aliphatic hydroxyl groups excluding tert-OH is 1. The van der Waals surface area contributed by atoms with Crippen molar-refractivity contribution in [3.8, 4) is 0 Å². The largest absolute Gasteiger partial charge is 0.393 e. The molecular formula is C21H36O3. The molecule has 0 saturated heterocycles. The van der Waals surface area contributed by atoms with Gasteiger partial charge in [-0.05, 0) is 80.5 Å². The molecule has 1 N–H and O–H groups in total. The first kappa shape index (κ1) is 17.3. The SMILES string of the molecule is COC1(OC)CC[C@H]2[C@@H]3CCC4CC(O)CC[C@]4(C)[C@@H]3CC[C@@]21C. The first-order valence-corrected chi connectivity index (χ1v) is 10.2. The molecule has 2 unspecified atom stereocenters. The fourth-order valence-corrected chi connectivity index (χ4v) is 7.95. The van der Waals surface area contributed by atoms with Crippen molar-refractivity contribution in [1.82, 2.24) is 0 Å². The van der Waals surface area contributed by atoms with Crippen molar-refractivity contribution < 1.29 is 14.6 Å². The Morgan fingerprint density at radius 1 is 0.833 bits per heavy atom. The summed E-state index contributed by atoms with van der Waals surface area (Å²) in [6.45, 7) is 4.99. The molecule has 4 aliphatic rings. The monoisotopic (exact) mass is 336 g/mol. The summed E-state index contributed by atoms with van der Waals surface area (Å²) in [5.41, 5.74) is 0.615. The molecule has 0 bridgehead atoms. The third-order valence-electron chi connectivity index (χ3n) is 9.34. The third-order valence-corrected chi connectivity index (χ3v) is 9.34. The van der Waals surface area contributed by atoms with Crippen LogP contribution in [-0.2, 0) is 9.47 Å². The normalized spacial score (nSPS) is 53.1. The Kier molecular flexibility index (Phi) is 4.10. The van der Waals surface area contributed by atoms with Gasteiger partial charge in [0.05, 0.1) is 6.10 Å². The third kappa shape index (κ3) is 2.07. The van der Waals surface area contributed by atoms with E-state index in [4.69, 9.17) is 9.47 Å². The summed E-state index contributed by atoms with van der Waals surface area (Å²) >= 11 is 0. The van der Waals surface area contributed by atoms with Gasteiger partial charge < -0.3 is 14.6 Å². The zero-order valence-corrected chi connectivity index (χ0v) is 16.0. The molecule has 138 valence electrons. The highest BCUT2D eigenvalue weighted by molar-refractivity contribution is 5.12. The summed E-state index contributed by atoms with van der Waals surface area (Å²) in [6.07, 6.45) is 10.7. The fraction of sp³-hybridized carbons (Fsp3) is 1.00. The molecule has 4 saturated carbocycles. The van der Waals surface area contributed by atoms with Gasteiger partial charge in [0.25, 0.3) is 0 Å². The van der Waals surface area contributed by atoms with Gasteiger partial charge in [-0.2, -0.15) is 0 Å². The highest BCUT2D eigenvalue weighted by atomic mass is 16.7. The molecule has 0 aromatic heterocycles. The van der Waals surface area contributed by atoms with Crippen LogP contribution in [0.15, 0.2) is 0 Å². The first-order chi connectivity index (χ1) is 11.4. The van der Waals surface area contributed by atoms with E-state index in [-0.39, 0.29) is 17.3 Å². The van der Waals surface area contributed by atoms with Crippen molar-refractivity contribution in [2.45, 2.75) is 83.5 Å². The molecule has 24 heavy (non-hydrogen) atoms. The predicted octanol–water partition coefficient (Wildman–Crippen LogP) is 4.38. The average molecular weight is 337 g/mol. The molecule has 4 fully saturated rings. The molecule has 0 aliphatic heterocycles. The van der Waals surface area contributed by atoms with Crippen molar-refractivity contribution in [2.24, 2.45) is 34.5 Å². The highest BCUT2D eigenvalue weighted by Crippen LogP contribution is 2.68. The summed E-state index contributed by atoms with van der Waals surface area (Å²) in [5.74, 6) is 2.77. The number of ether oxygens (including phenoxy) is 2. The molecule has 0 amide bonds. The van der Waals surface area contributed by atoms with Gasteiger partial charge in [-0.25, -0.2) is 0 Å². The number of hydrogen-bond donors (Lipinski definition) is 1. The minimum atomic E-state index is -0.372. The molecule has 3 nitrogen and oxygen atoms in total. The van der Waals surface area contributed by atoms with Gasteiger partial charge in [-0.1, -0.05) is 13.8 Å². The number of hydrogen-bond acceptors (Lipinski definition) is 3. The Morgan fingerprint density at radius 3 is 2.25 bits per heavy atom. The Bertz CT molecular complexity index is 487. The quantitative estimate of drug-likeness (QED) is 0.761. The summed E-state index contributed by atoms with van der Waals surface area (Å²) < 4.78 is 12.0. The highest BCUT2D eigenvalue weighted by Gasteiger charge is 2.65. The molecule has 0 aromatic rings. The van der Waals surface area contributed by atoms with E-state index in [0.29, 0.717) is 5.41 Å². The van der Waals surface area contributed by atoms with Gasteiger partial charge in [-0.3, -0.25) is 0 Å². The lowest BCUT2D eigenvalue weighted by Gasteiger charge is -2.61. The van der Waals surface area contributed by atoms with Crippen LogP contribution in [-0.4, -0.2) is 31.2 Å². The number of rotatable bonds is 2. The lowest BCUT2D eigenvalue weighted by molar-refractivity contribution is -0.281. The van der Waals surface area contributed by atoms with Crippen LogP contribution in [0.4, 0.5) is 0 Å². The first-order valence-electron chi connectivity index (χ1n) is 10.2. The zero-order valence-electron chi connectivity index (χ0n) is 16.0. The van der Waals surface area contributed by atoms with Crippen LogP contribution in [0.3, 0.4) is 0 Å². The molecule has 4 rings (SSSR count). The molecule has 4 aliphatic carbocycles. The van der Waals surface area contributed by atoms with Gasteiger partial charge in [0.2, 0.25) is 0 Å². The zero-order chi connectivity index (χ0) is 17.2. The van der Waals surface area contributed by atoms with Gasteiger partial charge in [0, 0.05) is 26.1 Å². The van der Waals surface area contributed by atoms with E-state index in [9.17, 15) is 5.11 Å². The maximum absolute atomic E-state index is 10.1. The van der Waals surface area contributed by atoms with Crippen LogP contribution < -0.4 is 0 Å². The summed E-state index contributed by atoms with van der Waals surface area (Å²) in [4.78, 5) is 0. The lowest BCUT2D eigenvalue weighted by atomic mass is 9.45. The van der Waals surface area contributed by atoms with E-state index in [1.807, 2.05) is 14.2 Å². The van der Waals surface area contributed by atoms with Gasteiger partial charge >= 0.3 is 0 Å². The van der Waals surface area contributed by atoms with Crippen molar-refractivity contribution in [1.29, 1.82) is 0 Å². The maximum atomic E-state index is 10.1. The second-order valence-corrected chi connectivity index (χ2v) is 9.74. The minimum absolute atomic E-state index is 0.0467. The second-order valence-electron chi connectivity index (χ2n) is 9.74. The van der Waals surface area contributed by atoms with E-state index < -0.39 is 0 Å². The Balaban J connectivity index is 1.63. The van der Waals surface area contributed by atoms with E-state index in [1.54, 1.807) is 0 Å². The summed E-state index contributed by atoms with van der Waals surface area (Å²) in [5, 5.41) is 10.1. The summed E-state index contributed by atoms with van der Waals surface area (Å²) in [7, 11) is 3.67. The molecule has 0 spiro atoms. The number of methoxy groups -OCH3 is 2. The van der Waals surface area contributed by atoms with Crippen molar-refractivity contribution in [3.05, 3.63) is 0 Å². The number of aliphatic hydroxyl groups is 1. The Labute approximate surface area is 147 Å². The van der Waals surface area contributed by atoms with Crippen LogP contribution in [0.25, 0.3) is 0 Å². The molecule has 0 heterocycles. The Morgan fingerprint density at radius 2 is 1.54 bits per heavy atom. The molecular weight excluding hydrogens is 300 g/mol. The van der Waals surface area contributed by atoms with E-state index in [2.05, 4.69) is 13.8 Å². The van der Waals surface area contributed by atoms with Gasteiger partial charge in [0.15, 0.2) is 5.79 Å². The minimum Gasteiger partial charge on any atom is -0.393 e. The van der Waals surface area contributed by atoms with Crippen molar-refractivity contribution >= 4 is 0 Å². The molecule has 0 aromatic carbocycles. The molecule has 3 heteroatoms. The predicted molar refractivity (Wildman–Crippen MR) is 94.5 cm³/mol. The van der Waals surface area contributed by atoms with Crippen LogP contribution in [0, 0.1) is 34.5 Å². The van der Waals surface area contributed by atoms with E-state index in [0.717, 1.165) is 42.9 Å². The molecule has 7 atom stereocenters. The standard InChI is InChI=1S/C21H36O3/c1-19-10-7-15(22)13-14(19)5-6-16-17(19)8-11-20(2)18(16)9-12-21(20,23-3)24-4/h14-18,22H,5-13H2,1-4H3/t14?,15?,16-,17-,18+,19+,20+/m1/s1. The van der Waals surface area contributed by atoms with Crippen LogP contribution >= 0.6 is 0 Å².